The number of amides is 1. The molecule has 1 N–H and O–H groups in total. The molecule has 0 aliphatic carbocycles. The Morgan fingerprint density at radius 3 is 2.74 bits per heavy atom. The number of carbonyl (C=O) groups excluding carboxylic acids is 2. The molecule has 3 rings (SSSR count). The fourth-order valence-electron chi connectivity index (χ4n) is 1.99. The van der Waals surface area contributed by atoms with Crippen molar-refractivity contribution in [3.63, 3.8) is 0 Å². The average Bonchev–Trinajstić information content (AvgIpc) is 3.25. The van der Waals surface area contributed by atoms with E-state index in [-0.39, 0.29) is 17.5 Å². The quantitative estimate of drug-likeness (QED) is 0.556. The molecule has 0 saturated heterocycles. The van der Waals surface area contributed by atoms with Gasteiger partial charge >= 0.3 is 0 Å². The zero-order chi connectivity index (χ0) is 16.1. The van der Waals surface area contributed by atoms with Crippen molar-refractivity contribution >= 4 is 34.8 Å². The van der Waals surface area contributed by atoms with E-state index in [1.807, 2.05) is 23.6 Å². The van der Waals surface area contributed by atoms with Crippen LogP contribution in [0.2, 0.25) is 0 Å². The van der Waals surface area contributed by atoms with E-state index in [1.165, 1.54) is 23.7 Å². The molecule has 0 bridgehead atoms. The maximum Gasteiger partial charge on any atom is 0.291 e. The summed E-state index contributed by atoms with van der Waals surface area (Å²) in [5, 5.41) is 4.62. The number of hydrogen-bond acceptors (Lipinski definition) is 4. The van der Waals surface area contributed by atoms with Gasteiger partial charge in [-0.1, -0.05) is 24.3 Å². The van der Waals surface area contributed by atoms with Gasteiger partial charge in [0.15, 0.2) is 11.5 Å². The first-order valence-electron chi connectivity index (χ1n) is 6.93. The second-order valence-corrected chi connectivity index (χ2v) is 5.68. The molecule has 23 heavy (non-hydrogen) atoms. The summed E-state index contributed by atoms with van der Waals surface area (Å²) in [4.78, 5) is 24.6. The summed E-state index contributed by atoms with van der Waals surface area (Å²) < 4.78 is 5.05. The lowest BCUT2D eigenvalue weighted by Crippen LogP contribution is -2.10. The lowest BCUT2D eigenvalue weighted by Gasteiger charge is -2.04. The molecule has 0 spiro atoms. The summed E-state index contributed by atoms with van der Waals surface area (Å²) in [5.41, 5.74) is 1.46. The third kappa shape index (κ3) is 3.84. The van der Waals surface area contributed by atoms with Crippen LogP contribution in [0.15, 0.2) is 70.7 Å². The summed E-state index contributed by atoms with van der Waals surface area (Å²) >= 11 is 1.41. The number of nitrogens with one attached hydrogen (secondary N) is 1. The first-order valence-corrected chi connectivity index (χ1v) is 7.81. The van der Waals surface area contributed by atoms with Crippen LogP contribution in [0.3, 0.4) is 0 Å². The van der Waals surface area contributed by atoms with Crippen LogP contribution in [-0.2, 0) is 0 Å². The molecule has 114 valence electrons. The minimum atomic E-state index is -0.314. The van der Waals surface area contributed by atoms with E-state index in [0.717, 1.165) is 5.56 Å². The topological polar surface area (TPSA) is 59.3 Å². The predicted molar refractivity (Wildman–Crippen MR) is 90.8 cm³/mol. The third-order valence-electron chi connectivity index (χ3n) is 3.08. The van der Waals surface area contributed by atoms with Gasteiger partial charge < -0.3 is 9.73 Å². The van der Waals surface area contributed by atoms with Crippen LogP contribution < -0.4 is 5.32 Å². The highest BCUT2D eigenvalue weighted by Crippen LogP contribution is 2.15. The summed E-state index contributed by atoms with van der Waals surface area (Å²) in [5.74, 6) is -0.102. The second kappa shape index (κ2) is 6.89. The molecule has 0 radical (unpaired) electrons. The smallest absolute Gasteiger partial charge is 0.291 e. The van der Waals surface area contributed by atoms with Crippen molar-refractivity contribution in [2.75, 3.05) is 5.32 Å². The van der Waals surface area contributed by atoms with Gasteiger partial charge in [-0.2, -0.15) is 0 Å². The minimum Gasteiger partial charge on any atom is -0.459 e. The lowest BCUT2D eigenvalue weighted by atomic mass is 10.1. The normalized spacial score (nSPS) is 10.8. The minimum absolute atomic E-state index is 0.0370. The Morgan fingerprint density at radius 2 is 2.00 bits per heavy atom. The van der Waals surface area contributed by atoms with Gasteiger partial charge in [0, 0.05) is 5.69 Å². The summed E-state index contributed by atoms with van der Waals surface area (Å²) in [6.07, 6.45) is 4.70. The van der Waals surface area contributed by atoms with Gasteiger partial charge in [0.2, 0.25) is 0 Å². The Hall–Kier alpha value is -2.92. The average molecular weight is 323 g/mol. The molecule has 2 heterocycles. The van der Waals surface area contributed by atoms with Crippen LogP contribution in [0.5, 0.6) is 0 Å². The van der Waals surface area contributed by atoms with Crippen LogP contribution in [0.25, 0.3) is 6.08 Å². The van der Waals surface area contributed by atoms with Crippen molar-refractivity contribution in [2.24, 2.45) is 0 Å². The van der Waals surface area contributed by atoms with Gasteiger partial charge in [-0.05, 0) is 47.4 Å². The molecule has 4 nitrogen and oxygen atoms in total. The molecule has 0 atom stereocenters. The highest BCUT2D eigenvalue weighted by Gasteiger charge is 2.08. The van der Waals surface area contributed by atoms with Crippen molar-refractivity contribution in [1.29, 1.82) is 0 Å². The molecule has 3 aromatic rings. The molecular formula is C18H13NO3S. The monoisotopic (exact) mass is 323 g/mol. The van der Waals surface area contributed by atoms with E-state index in [0.29, 0.717) is 10.6 Å². The van der Waals surface area contributed by atoms with Crippen molar-refractivity contribution < 1.29 is 14.0 Å². The van der Waals surface area contributed by atoms with E-state index >= 15 is 0 Å². The molecule has 0 aliphatic heterocycles. The van der Waals surface area contributed by atoms with Gasteiger partial charge in [0.25, 0.3) is 5.91 Å². The van der Waals surface area contributed by atoms with E-state index < -0.39 is 0 Å². The fraction of sp³-hybridized carbons (Fsp3) is 0. The van der Waals surface area contributed by atoms with Crippen LogP contribution in [0, 0.1) is 0 Å². The number of hydrogen-bond donors (Lipinski definition) is 1. The molecule has 1 aromatic carbocycles. The zero-order valence-electron chi connectivity index (χ0n) is 12.1. The number of allylic oxidation sites excluding steroid dienone is 1. The lowest BCUT2D eigenvalue weighted by molar-refractivity contribution is 0.0995. The molecule has 5 heteroatoms. The van der Waals surface area contributed by atoms with Gasteiger partial charge in [-0.15, -0.1) is 11.3 Å². The Balaban J connectivity index is 1.70. The second-order valence-electron chi connectivity index (χ2n) is 4.73. The Bertz CT molecular complexity index is 833. The summed E-state index contributed by atoms with van der Waals surface area (Å²) in [6, 6.07) is 14.1. The van der Waals surface area contributed by atoms with Crippen LogP contribution in [0.1, 0.15) is 25.8 Å². The largest absolute Gasteiger partial charge is 0.459 e. The SMILES string of the molecule is O=C(Nc1cccc(/C=C/C(=O)c2cccs2)c1)c1ccco1. The van der Waals surface area contributed by atoms with Crippen LogP contribution >= 0.6 is 11.3 Å². The molecule has 1 amide bonds. The van der Waals surface area contributed by atoms with Gasteiger partial charge in [-0.3, -0.25) is 9.59 Å². The fourth-order valence-corrected chi connectivity index (χ4v) is 2.64. The molecule has 0 fully saturated rings. The van der Waals surface area contributed by atoms with Crippen LogP contribution in [-0.4, -0.2) is 11.7 Å². The van der Waals surface area contributed by atoms with E-state index in [2.05, 4.69) is 5.32 Å². The van der Waals surface area contributed by atoms with Gasteiger partial charge in [0.1, 0.15) is 0 Å². The molecule has 0 saturated carbocycles. The molecular weight excluding hydrogens is 310 g/mol. The molecule has 0 aliphatic rings. The number of carbonyl (C=O) groups is 2. The Kier molecular flexibility index (Phi) is 4.49. The number of furan rings is 1. The predicted octanol–water partition coefficient (Wildman–Crippen LogP) is 4.49. The van der Waals surface area contributed by atoms with E-state index in [9.17, 15) is 9.59 Å². The first-order chi connectivity index (χ1) is 11.2. The summed E-state index contributed by atoms with van der Waals surface area (Å²) in [7, 11) is 0. The van der Waals surface area contributed by atoms with Crippen molar-refractivity contribution in [3.8, 4) is 0 Å². The number of benzene rings is 1. The molecule has 2 aromatic heterocycles. The number of thiophene rings is 1. The third-order valence-corrected chi connectivity index (χ3v) is 3.97. The highest BCUT2D eigenvalue weighted by atomic mass is 32.1. The summed E-state index contributed by atoms with van der Waals surface area (Å²) in [6.45, 7) is 0. The van der Waals surface area contributed by atoms with Crippen molar-refractivity contribution in [3.05, 3.63) is 82.5 Å². The number of rotatable bonds is 5. The maximum atomic E-state index is 11.9. The van der Waals surface area contributed by atoms with Crippen LogP contribution in [0.4, 0.5) is 5.69 Å². The Morgan fingerprint density at radius 1 is 1.09 bits per heavy atom. The van der Waals surface area contributed by atoms with Crippen molar-refractivity contribution in [2.45, 2.75) is 0 Å². The maximum absolute atomic E-state index is 11.9. The standard InChI is InChI=1S/C18H13NO3S/c20-15(17-7-3-11-23-17)9-8-13-4-1-5-14(12-13)19-18(21)16-6-2-10-22-16/h1-12H,(H,19,21)/b9-8+. The zero-order valence-corrected chi connectivity index (χ0v) is 12.9. The van der Waals surface area contributed by atoms with Gasteiger partial charge in [0.05, 0.1) is 11.1 Å². The van der Waals surface area contributed by atoms with E-state index in [4.69, 9.17) is 4.42 Å². The van der Waals surface area contributed by atoms with Gasteiger partial charge in [-0.25, -0.2) is 0 Å². The number of ketones is 1. The highest BCUT2D eigenvalue weighted by molar-refractivity contribution is 7.12. The van der Waals surface area contributed by atoms with E-state index in [1.54, 1.807) is 36.4 Å². The van der Waals surface area contributed by atoms with Crippen molar-refractivity contribution in [1.82, 2.24) is 0 Å². The Labute approximate surface area is 137 Å². The number of anilines is 1. The first kappa shape index (κ1) is 15.0. The molecule has 0 unspecified atom stereocenters.